The van der Waals surface area contributed by atoms with Gasteiger partial charge in [0.05, 0.1) is 6.10 Å². The Morgan fingerprint density at radius 3 is 2.33 bits per heavy atom. The molecule has 1 aromatic carbocycles. The molecule has 1 saturated carbocycles. The summed E-state index contributed by atoms with van der Waals surface area (Å²) in [5.41, 5.74) is 3.17. The second kappa shape index (κ2) is 4.96. The molecule has 1 nitrogen and oxygen atoms in total. The van der Waals surface area contributed by atoms with Gasteiger partial charge in [0.1, 0.15) is 0 Å². The predicted molar refractivity (Wildman–Crippen MR) is 67.8 cm³/mol. The Kier molecular flexibility index (Phi) is 3.71. The van der Waals surface area contributed by atoms with E-state index in [2.05, 4.69) is 0 Å². The molecule has 1 aliphatic rings. The highest BCUT2D eigenvalue weighted by Crippen LogP contribution is 2.41. The third-order valence-corrected chi connectivity index (χ3v) is 4.08. The zero-order valence-electron chi connectivity index (χ0n) is 10.9. The summed E-state index contributed by atoms with van der Waals surface area (Å²) in [6.45, 7) is 4.02. The van der Waals surface area contributed by atoms with Crippen molar-refractivity contribution in [1.29, 1.82) is 0 Å². The molecule has 0 amide bonds. The molecule has 0 heterocycles. The monoisotopic (exact) mass is 254 g/mol. The molecule has 0 bridgehead atoms. The van der Waals surface area contributed by atoms with Crippen LogP contribution in [0.5, 0.6) is 0 Å². The number of hydrogen-bond acceptors (Lipinski definition) is 1. The van der Waals surface area contributed by atoms with Crippen molar-refractivity contribution in [2.24, 2.45) is 5.92 Å². The number of aryl methyl sites for hydroxylation is 2. The number of benzene rings is 1. The molecule has 1 fully saturated rings. The van der Waals surface area contributed by atoms with E-state index in [-0.39, 0.29) is 18.8 Å². The largest absolute Gasteiger partial charge is 0.388 e. The maximum Gasteiger partial charge on any atom is 0.248 e. The van der Waals surface area contributed by atoms with Crippen molar-refractivity contribution < 1.29 is 13.9 Å². The van der Waals surface area contributed by atoms with Crippen molar-refractivity contribution in [2.45, 2.75) is 51.6 Å². The van der Waals surface area contributed by atoms with Gasteiger partial charge in [-0.25, -0.2) is 8.78 Å². The van der Waals surface area contributed by atoms with E-state index in [0.29, 0.717) is 12.8 Å². The van der Waals surface area contributed by atoms with Crippen LogP contribution >= 0.6 is 0 Å². The number of hydrogen-bond donors (Lipinski definition) is 1. The third kappa shape index (κ3) is 2.89. The average molecular weight is 254 g/mol. The van der Waals surface area contributed by atoms with Crippen molar-refractivity contribution in [2.75, 3.05) is 0 Å². The first-order valence-corrected chi connectivity index (χ1v) is 6.52. The number of halogens is 2. The van der Waals surface area contributed by atoms with E-state index >= 15 is 0 Å². The second-order valence-electron chi connectivity index (χ2n) is 5.48. The summed E-state index contributed by atoms with van der Waals surface area (Å²) in [5, 5.41) is 10.3. The minimum absolute atomic E-state index is 0.0354. The van der Waals surface area contributed by atoms with Crippen LogP contribution in [0.3, 0.4) is 0 Å². The summed E-state index contributed by atoms with van der Waals surface area (Å²) < 4.78 is 26.2. The van der Waals surface area contributed by atoms with E-state index < -0.39 is 12.0 Å². The molecule has 2 rings (SSSR count). The van der Waals surface area contributed by atoms with E-state index in [4.69, 9.17) is 0 Å². The average Bonchev–Trinajstić information content (AvgIpc) is 2.32. The molecule has 0 saturated heterocycles. The van der Waals surface area contributed by atoms with Crippen molar-refractivity contribution in [3.8, 4) is 0 Å². The first kappa shape index (κ1) is 13.5. The van der Waals surface area contributed by atoms with Crippen LogP contribution < -0.4 is 0 Å². The Hall–Kier alpha value is -0.960. The van der Waals surface area contributed by atoms with Crippen molar-refractivity contribution in [3.05, 3.63) is 34.9 Å². The first-order chi connectivity index (χ1) is 8.39. The van der Waals surface area contributed by atoms with Gasteiger partial charge in [0, 0.05) is 12.8 Å². The van der Waals surface area contributed by atoms with Crippen LogP contribution in [0.4, 0.5) is 8.78 Å². The fraction of sp³-hybridized carbons (Fsp3) is 0.600. The van der Waals surface area contributed by atoms with Gasteiger partial charge in [0.25, 0.3) is 0 Å². The van der Waals surface area contributed by atoms with Gasteiger partial charge in [-0.3, -0.25) is 0 Å². The molecule has 18 heavy (non-hydrogen) atoms. The van der Waals surface area contributed by atoms with Gasteiger partial charge in [-0.2, -0.15) is 0 Å². The van der Waals surface area contributed by atoms with Crippen molar-refractivity contribution in [1.82, 2.24) is 0 Å². The molecule has 3 heteroatoms. The highest BCUT2D eigenvalue weighted by molar-refractivity contribution is 5.31. The summed E-state index contributed by atoms with van der Waals surface area (Å²) in [6, 6.07) is 5.85. The molecular weight excluding hydrogens is 234 g/mol. The number of aliphatic hydroxyl groups is 1. The SMILES string of the molecule is Cc1ccc(C(O)C2CCC(F)(F)CC2)cc1C. The van der Waals surface area contributed by atoms with Crippen LogP contribution in [-0.2, 0) is 0 Å². The lowest BCUT2D eigenvalue weighted by atomic mass is 9.81. The van der Waals surface area contributed by atoms with Crippen LogP contribution in [0.25, 0.3) is 0 Å². The zero-order chi connectivity index (χ0) is 13.3. The van der Waals surface area contributed by atoms with Gasteiger partial charge in [-0.15, -0.1) is 0 Å². The van der Waals surface area contributed by atoms with Gasteiger partial charge in [-0.1, -0.05) is 18.2 Å². The third-order valence-electron chi connectivity index (χ3n) is 4.08. The molecule has 0 aromatic heterocycles. The van der Waals surface area contributed by atoms with Crippen LogP contribution in [0.15, 0.2) is 18.2 Å². The molecule has 0 aliphatic heterocycles. The van der Waals surface area contributed by atoms with Crippen LogP contribution in [0, 0.1) is 19.8 Å². The van der Waals surface area contributed by atoms with Gasteiger partial charge >= 0.3 is 0 Å². The molecule has 0 spiro atoms. The van der Waals surface area contributed by atoms with E-state index in [1.807, 2.05) is 32.0 Å². The summed E-state index contributed by atoms with van der Waals surface area (Å²) in [4.78, 5) is 0. The molecule has 1 aromatic rings. The van der Waals surface area contributed by atoms with Gasteiger partial charge in [0.15, 0.2) is 0 Å². The summed E-state index contributed by atoms with van der Waals surface area (Å²) in [5.74, 6) is -2.56. The second-order valence-corrected chi connectivity index (χ2v) is 5.48. The van der Waals surface area contributed by atoms with Gasteiger partial charge < -0.3 is 5.11 Å². The number of rotatable bonds is 2. The summed E-state index contributed by atoms with van der Waals surface area (Å²) in [7, 11) is 0. The maximum atomic E-state index is 13.1. The minimum Gasteiger partial charge on any atom is -0.388 e. The highest BCUT2D eigenvalue weighted by atomic mass is 19.3. The maximum absolute atomic E-state index is 13.1. The fourth-order valence-corrected chi connectivity index (χ4v) is 2.60. The molecule has 1 unspecified atom stereocenters. The lowest BCUT2D eigenvalue weighted by molar-refractivity contribution is -0.0627. The van der Waals surface area contributed by atoms with Gasteiger partial charge in [0.2, 0.25) is 5.92 Å². The Bertz CT molecular complexity index is 419. The van der Waals surface area contributed by atoms with Gasteiger partial charge in [-0.05, 0) is 49.3 Å². The Morgan fingerprint density at radius 1 is 1.17 bits per heavy atom. The quantitative estimate of drug-likeness (QED) is 0.840. The topological polar surface area (TPSA) is 20.2 Å². The Labute approximate surface area is 107 Å². The first-order valence-electron chi connectivity index (χ1n) is 6.52. The zero-order valence-corrected chi connectivity index (χ0v) is 10.9. The standard InChI is InChI=1S/C15H20F2O/c1-10-3-4-13(9-11(10)2)14(18)12-5-7-15(16,17)8-6-12/h3-4,9,12,14,18H,5-8H2,1-2H3. The predicted octanol–water partition coefficient (Wildman–Crippen LogP) is 4.16. The molecule has 0 radical (unpaired) electrons. The molecule has 1 atom stereocenters. The summed E-state index contributed by atoms with van der Waals surface area (Å²) >= 11 is 0. The Balaban J connectivity index is 2.07. The number of aliphatic hydroxyl groups excluding tert-OH is 1. The van der Waals surface area contributed by atoms with Crippen LogP contribution in [0.1, 0.15) is 48.5 Å². The van der Waals surface area contributed by atoms with E-state index in [1.165, 1.54) is 5.56 Å². The fourth-order valence-electron chi connectivity index (χ4n) is 2.60. The van der Waals surface area contributed by atoms with E-state index in [9.17, 15) is 13.9 Å². The minimum atomic E-state index is -2.53. The van der Waals surface area contributed by atoms with E-state index in [1.54, 1.807) is 0 Å². The molecule has 100 valence electrons. The molecular formula is C15H20F2O. The summed E-state index contributed by atoms with van der Waals surface area (Å²) in [6.07, 6.45) is 0.00168. The van der Waals surface area contributed by atoms with Crippen molar-refractivity contribution >= 4 is 0 Å². The lowest BCUT2D eigenvalue weighted by Crippen LogP contribution is -2.27. The molecule has 1 aliphatic carbocycles. The van der Waals surface area contributed by atoms with Crippen molar-refractivity contribution in [3.63, 3.8) is 0 Å². The highest BCUT2D eigenvalue weighted by Gasteiger charge is 2.37. The molecule has 1 N–H and O–H groups in total. The Morgan fingerprint density at radius 2 is 1.78 bits per heavy atom. The van der Waals surface area contributed by atoms with Crippen LogP contribution in [-0.4, -0.2) is 11.0 Å². The normalized spacial score (nSPS) is 21.8. The number of alkyl halides is 2. The smallest absolute Gasteiger partial charge is 0.248 e. The van der Waals surface area contributed by atoms with Crippen LogP contribution in [0.2, 0.25) is 0 Å². The lowest BCUT2D eigenvalue weighted by Gasteiger charge is -2.31. The van der Waals surface area contributed by atoms with E-state index in [0.717, 1.165) is 11.1 Å².